The minimum Gasteiger partial charge on any atom is -0.457 e. The van der Waals surface area contributed by atoms with Crippen molar-refractivity contribution in [3.63, 3.8) is 0 Å². The monoisotopic (exact) mass is 346 g/mol. The molecule has 0 saturated carbocycles. The van der Waals surface area contributed by atoms with E-state index in [9.17, 15) is 4.79 Å². The average Bonchev–Trinajstić information content (AvgIpc) is 3.08. The van der Waals surface area contributed by atoms with Crippen LogP contribution in [0.15, 0.2) is 60.8 Å². The molecule has 0 unspecified atom stereocenters. The lowest BCUT2D eigenvalue weighted by Crippen LogP contribution is -2.11. The number of nitrogens with zero attached hydrogens (tertiary/aromatic N) is 3. The Hall–Kier alpha value is -3.41. The van der Waals surface area contributed by atoms with Gasteiger partial charge in [-0.1, -0.05) is 30.3 Å². The summed E-state index contributed by atoms with van der Waals surface area (Å²) in [4.78, 5) is 20.7. The predicted octanol–water partition coefficient (Wildman–Crippen LogP) is 3.30. The summed E-state index contributed by atoms with van der Waals surface area (Å²) in [6.07, 6.45) is 2.26. The summed E-state index contributed by atoms with van der Waals surface area (Å²) in [6, 6.07) is 17.6. The highest BCUT2D eigenvalue weighted by Crippen LogP contribution is 2.18. The van der Waals surface area contributed by atoms with Gasteiger partial charge in [-0.15, -0.1) is 0 Å². The van der Waals surface area contributed by atoms with E-state index in [4.69, 9.17) is 10.5 Å². The Bertz CT molecular complexity index is 1090. The van der Waals surface area contributed by atoms with Crippen LogP contribution in [0.25, 0.3) is 21.8 Å². The number of ether oxygens (including phenoxy) is 1. The SMILES string of the molecule is Nc1nc(COC(=O)CCn2ccc3ccccc32)nc2ccccc12. The standard InChI is InChI=1S/C20H18N4O2/c21-20-15-6-2-3-7-16(15)22-18(23-20)13-26-19(25)10-12-24-11-9-14-5-1-4-8-17(14)24/h1-9,11H,10,12-13H2,(H2,21,22,23). The second-order valence-corrected chi connectivity index (χ2v) is 6.02. The summed E-state index contributed by atoms with van der Waals surface area (Å²) in [7, 11) is 0. The van der Waals surface area contributed by atoms with Crippen molar-refractivity contribution in [2.75, 3.05) is 5.73 Å². The van der Waals surface area contributed by atoms with Gasteiger partial charge in [0.1, 0.15) is 5.82 Å². The number of anilines is 1. The topological polar surface area (TPSA) is 83.0 Å². The Morgan fingerprint density at radius 1 is 1.04 bits per heavy atom. The molecule has 4 aromatic rings. The zero-order valence-corrected chi connectivity index (χ0v) is 14.1. The molecule has 2 N–H and O–H groups in total. The van der Waals surface area contributed by atoms with Crippen LogP contribution in [0.3, 0.4) is 0 Å². The van der Waals surface area contributed by atoms with E-state index in [1.165, 1.54) is 0 Å². The number of aryl methyl sites for hydroxylation is 1. The number of rotatable bonds is 5. The van der Waals surface area contributed by atoms with Crippen LogP contribution in [0.2, 0.25) is 0 Å². The quantitative estimate of drug-likeness (QED) is 0.561. The number of nitrogens with two attached hydrogens (primary N) is 1. The third kappa shape index (κ3) is 3.21. The third-order valence-corrected chi connectivity index (χ3v) is 4.28. The number of fused-ring (bicyclic) bond motifs is 2. The van der Waals surface area contributed by atoms with Crippen LogP contribution >= 0.6 is 0 Å². The molecule has 0 saturated heterocycles. The highest BCUT2D eigenvalue weighted by molar-refractivity contribution is 5.87. The number of hydrogen-bond donors (Lipinski definition) is 1. The second-order valence-electron chi connectivity index (χ2n) is 6.02. The van der Waals surface area contributed by atoms with Crippen LogP contribution in [-0.2, 0) is 22.7 Å². The molecule has 4 rings (SSSR count). The first-order valence-corrected chi connectivity index (χ1v) is 8.41. The van der Waals surface area contributed by atoms with Gasteiger partial charge in [-0.2, -0.15) is 0 Å². The molecule has 0 radical (unpaired) electrons. The van der Waals surface area contributed by atoms with Gasteiger partial charge in [0.25, 0.3) is 0 Å². The van der Waals surface area contributed by atoms with Gasteiger partial charge in [0.2, 0.25) is 0 Å². The molecule has 6 heteroatoms. The van der Waals surface area contributed by atoms with Crippen LogP contribution in [0, 0.1) is 0 Å². The Morgan fingerprint density at radius 2 is 1.85 bits per heavy atom. The number of benzene rings is 2. The van der Waals surface area contributed by atoms with E-state index in [-0.39, 0.29) is 19.0 Å². The molecule has 0 fully saturated rings. The van der Waals surface area contributed by atoms with Gasteiger partial charge >= 0.3 is 5.97 Å². The van der Waals surface area contributed by atoms with Crippen LogP contribution in [0.5, 0.6) is 0 Å². The van der Waals surface area contributed by atoms with Gasteiger partial charge in [-0.25, -0.2) is 9.97 Å². The lowest BCUT2D eigenvalue weighted by atomic mass is 10.2. The van der Waals surface area contributed by atoms with E-state index < -0.39 is 0 Å². The molecule has 2 heterocycles. The zero-order valence-electron chi connectivity index (χ0n) is 14.1. The molecule has 0 aliphatic carbocycles. The van der Waals surface area contributed by atoms with E-state index in [1.807, 2.05) is 65.4 Å². The van der Waals surface area contributed by atoms with Crippen LogP contribution in [0.4, 0.5) is 5.82 Å². The smallest absolute Gasteiger partial charge is 0.308 e. The number of esters is 1. The first-order chi connectivity index (χ1) is 12.7. The number of carbonyl (C=O) groups is 1. The van der Waals surface area contributed by atoms with Crippen molar-refractivity contribution >= 4 is 33.6 Å². The number of hydrogen-bond acceptors (Lipinski definition) is 5. The molecular formula is C20H18N4O2. The lowest BCUT2D eigenvalue weighted by molar-refractivity contribution is -0.145. The number of aromatic nitrogens is 3. The number of para-hydroxylation sites is 2. The van der Waals surface area contributed by atoms with Crippen molar-refractivity contribution in [1.82, 2.24) is 14.5 Å². The van der Waals surface area contributed by atoms with Crippen LogP contribution in [0.1, 0.15) is 12.2 Å². The van der Waals surface area contributed by atoms with Crippen LogP contribution < -0.4 is 5.73 Å². The van der Waals surface area contributed by atoms with Crippen LogP contribution in [-0.4, -0.2) is 20.5 Å². The van der Waals surface area contributed by atoms with Crippen molar-refractivity contribution in [2.24, 2.45) is 0 Å². The fourth-order valence-electron chi connectivity index (χ4n) is 2.98. The minimum atomic E-state index is -0.293. The highest BCUT2D eigenvalue weighted by atomic mass is 16.5. The van der Waals surface area contributed by atoms with Crippen molar-refractivity contribution in [1.29, 1.82) is 0 Å². The first-order valence-electron chi connectivity index (χ1n) is 8.41. The number of nitrogen functional groups attached to an aromatic ring is 1. The summed E-state index contributed by atoms with van der Waals surface area (Å²) in [5.41, 5.74) is 7.79. The molecule has 6 nitrogen and oxygen atoms in total. The number of carbonyl (C=O) groups excluding carboxylic acids is 1. The molecule has 0 bridgehead atoms. The molecule has 0 aliphatic rings. The normalized spacial score (nSPS) is 11.1. The second kappa shape index (κ2) is 6.84. The summed E-state index contributed by atoms with van der Waals surface area (Å²) < 4.78 is 7.35. The van der Waals surface area contributed by atoms with Gasteiger partial charge in [-0.3, -0.25) is 4.79 Å². The summed E-state index contributed by atoms with van der Waals surface area (Å²) >= 11 is 0. The van der Waals surface area contributed by atoms with E-state index in [0.717, 1.165) is 21.8 Å². The molecule has 130 valence electrons. The Kier molecular flexibility index (Phi) is 4.23. The fraction of sp³-hybridized carbons (Fsp3) is 0.150. The summed E-state index contributed by atoms with van der Waals surface area (Å²) in [6.45, 7) is 0.577. The molecule has 2 aromatic heterocycles. The average molecular weight is 346 g/mol. The summed E-state index contributed by atoms with van der Waals surface area (Å²) in [5, 5.41) is 1.95. The maximum absolute atomic E-state index is 12.1. The maximum Gasteiger partial charge on any atom is 0.308 e. The van der Waals surface area contributed by atoms with E-state index >= 15 is 0 Å². The van der Waals surface area contributed by atoms with Gasteiger partial charge in [0.15, 0.2) is 12.4 Å². The Balaban J connectivity index is 1.38. The lowest BCUT2D eigenvalue weighted by Gasteiger charge is -2.08. The van der Waals surface area contributed by atoms with Crippen molar-refractivity contribution in [3.05, 3.63) is 66.6 Å². The third-order valence-electron chi connectivity index (χ3n) is 4.28. The molecule has 0 spiro atoms. The van der Waals surface area contributed by atoms with E-state index in [1.54, 1.807) is 0 Å². The van der Waals surface area contributed by atoms with Gasteiger partial charge < -0.3 is 15.0 Å². The highest BCUT2D eigenvalue weighted by Gasteiger charge is 2.09. The minimum absolute atomic E-state index is 0.0142. The first kappa shape index (κ1) is 16.1. The van der Waals surface area contributed by atoms with Gasteiger partial charge in [-0.05, 0) is 29.7 Å². The Morgan fingerprint density at radius 3 is 2.77 bits per heavy atom. The van der Waals surface area contributed by atoms with Gasteiger partial charge in [0, 0.05) is 23.6 Å². The van der Waals surface area contributed by atoms with E-state index in [0.29, 0.717) is 18.2 Å². The molecule has 0 aliphatic heterocycles. The zero-order chi connectivity index (χ0) is 17.9. The predicted molar refractivity (Wildman–Crippen MR) is 100 cm³/mol. The largest absolute Gasteiger partial charge is 0.457 e. The summed E-state index contributed by atoms with van der Waals surface area (Å²) in [5.74, 6) is 0.500. The van der Waals surface area contributed by atoms with E-state index in [2.05, 4.69) is 9.97 Å². The maximum atomic E-state index is 12.1. The molecule has 2 aromatic carbocycles. The molecule has 26 heavy (non-hydrogen) atoms. The van der Waals surface area contributed by atoms with Crippen molar-refractivity contribution in [2.45, 2.75) is 19.6 Å². The fourth-order valence-corrected chi connectivity index (χ4v) is 2.98. The molecular weight excluding hydrogens is 328 g/mol. The van der Waals surface area contributed by atoms with Crippen molar-refractivity contribution in [3.8, 4) is 0 Å². The molecule has 0 amide bonds. The van der Waals surface area contributed by atoms with Crippen molar-refractivity contribution < 1.29 is 9.53 Å². The van der Waals surface area contributed by atoms with Gasteiger partial charge in [0.05, 0.1) is 11.9 Å². The Labute approximate surface area is 150 Å². The molecule has 0 atom stereocenters.